The van der Waals surface area contributed by atoms with Crippen molar-refractivity contribution in [1.82, 2.24) is 34.4 Å². The summed E-state index contributed by atoms with van der Waals surface area (Å²) in [7, 11) is 0. The number of rotatable bonds is 5. The number of hydrogen-bond acceptors (Lipinski definition) is 6. The SMILES string of the molecule is C[C@H]1CN(C(=O)CCCn2cncn2)Cc2nnc(C3CCOCC3)n21. The van der Waals surface area contributed by atoms with Gasteiger partial charge in [-0.2, -0.15) is 5.10 Å². The van der Waals surface area contributed by atoms with Gasteiger partial charge in [-0.1, -0.05) is 0 Å². The quantitative estimate of drug-likeness (QED) is 0.795. The summed E-state index contributed by atoms with van der Waals surface area (Å²) in [4.78, 5) is 18.4. The van der Waals surface area contributed by atoms with Crippen LogP contribution in [0.3, 0.4) is 0 Å². The van der Waals surface area contributed by atoms with Crippen molar-refractivity contribution in [3.8, 4) is 0 Å². The van der Waals surface area contributed by atoms with E-state index in [1.54, 1.807) is 11.0 Å². The minimum absolute atomic E-state index is 0.166. The highest BCUT2D eigenvalue weighted by atomic mass is 16.5. The number of hydrogen-bond donors (Lipinski definition) is 0. The number of carbonyl (C=O) groups is 1. The first kappa shape index (κ1) is 17.1. The van der Waals surface area contributed by atoms with Gasteiger partial charge in [0.15, 0.2) is 5.82 Å². The molecule has 0 saturated carbocycles. The number of ether oxygens (including phenoxy) is 1. The first-order valence-corrected chi connectivity index (χ1v) is 9.34. The number of fused-ring (bicyclic) bond motifs is 1. The van der Waals surface area contributed by atoms with Gasteiger partial charge in [0.2, 0.25) is 5.91 Å². The summed E-state index contributed by atoms with van der Waals surface area (Å²) in [6.07, 6.45) is 6.44. The third-order valence-corrected chi connectivity index (χ3v) is 5.23. The summed E-state index contributed by atoms with van der Waals surface area (Å²) in [5.74, 6) is 2.54. The van der Waals surface area contributed by atoms with Gasteiger partial charge in [-0.05, 0) is 26.2 Å². The molecular formula is C17H25N7O2. The maximum Gasteiger partial charge on any atom is 0.223 e. The van der Waals surface area contributed by atoms with Crippen LogP contribution in [0.1, 0.15) is 56.2 Å². The molecule has 2 aromatic rings. The van der Waals surface area contributed by atoms with E-state index in [-0.39, 0.29) is 11.9 Å². The topological polar surface area (TPSA) is 91.0 Å². The lowest BCUT2D eigenvalue weighted by molar-refractivity contribution is -0.133. The Kier molecular flexibility index (Phi) is 4.96. The second-order valence-corrected chi connectivity index (χ2v) is 7.12. The second-order valence-electron chi connectivity index (χ2n) is 7.12. The average Bonchev–Trinajstić information content (AvgIpc) is 3.32. The largest absolute Gasteiger partial charge is 0.381 e. The lowest BCUT2D eigenvalue weighted by Crippen LogP contribution is -2.41. The van der Waals surface area contributed by atoms with Gasteiger partial charge in [-0.25, -0.2) is 4.98 Å². The van der Waals surface area contributed by atoms with E-state index in [0.29, 0.717) is 32.0 Å². The molecule has 0 N–H and O–H groups in total. The first-order valence-electron chi connectivity index (χ1n) is 9.34. The molecule has 9 nitrogen and oxygen atoms in total. The first-order chi connectivity index (χ1) is 12.7. The Bertz CT molecular complexity index is 736. The van der Waals surface area contributed by atoms with Gasteiger partial charge in [-0.15, -0.1) is 10.2 Å². The fraction of sp³-hybridized carbons (Fsp3) is 0.706. The van der Waals surface area contributed by atoms with Crippen LogP contribution in [-0.2, 0) is 22.6 Å². The fourth-order valence-corrected chi connectivity index (χ4v) is 3.88. The van der Waals surface area contributed by atoms with E-state index in [4.69, 9.17) is 4.74 Å². The van der Waals surface area contributed by atoms with Crippen LogP contribution in [0.25, 0.3) is 0 Å². The summed E-state index contributed by atoms with van der Waals surface area (Å²) in [5.41, 5.74) is 0. The summed E-state index contributed by atoms with van der Waals surface area (Å²) < 4.78 is 9.46. The molecule has 26 heavy (non-hydrogen) atoms. The fourth-order valence-electron chi connectivity index (χ4n) is 3.88. The predicted molar refractivity (Wildman–Crippen MR) is 92.2 cm³/mol. The molecular weight excluding hydrogens is 334 g/mol. The van der Waals surface area contributed by atoms with Crippen LogP contribution in [0.2, 0.25) is 0 Å². The molecule has 0 spiro atoms. The van der Waals surface area contributed by atoms with Crippen LogP contribution < -0.4 is 0 Å². The smallest absolute Gasteiger partial charge is 0.223 e. The number of aromatic nitrogens is 6. The zero-order chi connectivity index (χ0) is 17.9. The molecule has 2 aromatic heterocycles. The molecule has 0 unspecified atom stereocenters. The zero-order valence-electron chi connectivity index (χ0n) is 15.1. The Labute approximate surface area is 152 Å². The van der Waals surface area contributed by atoms with Crippen LogP contribution in [0.15, 0.2) is 12.7 Å². The summed E-state index contributed by atoms with van der Waals surface area (Å²) in [6.45, 7) is 5.69. The average molecular weight is 359 g/mol. The molecule has 9 heteroatoms. The van der Waals surface area contributed by atoms with E-state index in [1.807, 2.05) is 4.90 Å². The predicted octanol–water partition coefficient (Wildman–Crippen LogP) is 1.15. The highest BCUT2D eigenvalue weighted by Gasteiger charge is 2.32. The van der Waals surface area contributed by atoms with Gasteiger partial charge in [-0.3, -0.25) is 9.48 Å². The lowest BCUT2D eigenvalue weighted by Gasteiger charge is -2.34. The Morgan fingerprint density at radius 3 is 2.92 bits per heavy atom. The standard InChI is InChI=1S/C17H25N7O2/c1-13-9-22(16(25)3-2-6-23-12-18-11-19-23)10-15-20-21-17(24(13)15)14-4-7-26-8-5-14/h11-14H,2-10H2,1H3/t13-/m0/s1. The van der Waals surface area contributed by atoms with Crippen LogP contribution in [0.5, 0.6) is 0 Å². The van der Waals surface area contributed by atoms with Gasteiger partial charge >= 0.3 is 0 Å². The molecule has 1 atom stereocenters. The van der Waals surface area contributed by atoms with Crippen molar-refractivity contribution in [1.29, 1.82) is 0 Å². The number of carbonyl (C=O) groups excluding carboxylic acids is 1. The summed E-state index contributed by atoms with van der Waals surface area (Å²) in [6, 6.07) is 0.200. The second kappa shape index (κ2) is 7.53. The van der Waals surface area contributed by atoms with Crippen molar-refractivity contribution >= 4 is 5.91 Å². The Balaban J connectivity index is 1.38. The van der Waals surface area contributed by atoms with Crippen LogP contribution in [0, 0.1) is 0 Å². The molecule has 0 radical (unpaired) electrons. The minimum Gasteiger partial charge on any atom is -0.381 e. The Morgan fingerprint density at radius 2 is 2.15 bits per heavy atom. The molecule has 4 rings (SSSR count). The maximum atomic E-state index is 12.6. The molecule has 2 aliphatic heterocycles. The normalized spacial score (nSPS) is 21.0. The van der Waals surface area contributed by atoms with E-state index in [2.05, 4.69) is 31.8 Å². The minimum atomic E-state index is 0.166. The maximum absolute atomic E-state index is 12.6. The molecule has 1 amide bonds. The Hall–Kier alpha value is -2.29. The monoisotopic (exact) mass is 359 g/mol. The number of nitrogens with zero attached hydrogens (tertiary/aromatic N) is 7. The molecule has 1 fully saturated rings. The van der Waals surface area contributed by atoms with Gasteiger partial charge in [0.1, 0.15) is 18.5 Å². The summed E-state index contributed by atoms with van der Waals surface area (Å²) >= 11 is 0. The molecule has 4 heterocycles. The van der Waals surface area contributed by atoms with E-state index < -0.39 is 0 Å². The molecule has 1 saturated heterocycles. The third-order valence-electron chi connectivity index (χ3n) is 5.23. The van der Waals surface area contributed by atoms with E-state index in [9.17, 15) is 4.79 Å². The van der Waals surface area contributed by atoms with Crippen LogP contribution in [0.4, 0.5) is 0 Å². The van der Waals surface area contributed by atoms with Gasteiger partial charge < -0.3 is 14.2 Å². The van der Waals surface area contributed by atoms with Crippen LogP contribution >= 0.6 is 0 Å². The molecule has 0 aromatic carbocycles. The number of aryl methyl sites for hydroxylation is 1. The van der Waals surface area contributed by atoms with E-state index >= 15 is 0 Å². The van der Waals surface area contributed by atoms with Gasteiger partial charge in [0.25, 0.3) is 0 Å². The molecule has 2 aliphatic rings. The lowest BCUT2D eigenvalue weighted by atomic mass is 9.99. The Morgan fingerprint density at radius 1 is 1.31 bits per heavy atom. The van der Waals surface area contributed by atoms with E-state index in [0.717, 1.165) is 44.1 Å². The highest BCUT2D eigenvalue weighted by molar-refractivity contribution is 5.76. The number of amides is 1. The van der Waals surface area contributed by atoms with Crippen molar-refractivity contribution in [3.63, 3.8) is 0 Å². The summed E-state index contributed by atoms with van der Waals surface area (Å²) in [5, 5.41) is 12.9. The van der Waals surface area contributed by atoms with Gasteiger partial charge in [0.05, 0.1) is 12.6 Å². The van der Waals surface area contributed by atoms with Crippen molar-refractivity contribution in [2.75, 3.05) is 19.8 Å². The van der Waals surface area contributed by atoms with Crippen molar-refractivity contribution < 1.29 is 9.53 Å². The highest BCUT2D eigenvalue weighted by Crippen LogP contribution is 2.30. The van der Waals surface area contributed by atoms with E-state index in [1.165, 1.54) is 6.33 Å². The van der Waals surface area contributed by atoms with Gasteiger partial charge in [0, 0.05) is 38.6 Å². The van der Waals surface area contributed by atoms with Crippen molar-refractivity contribution in [2.45, 2.75) is 57.7 Å². The molecule has 0 aliphatic carbocycles. The van der Waals surface area contributed by atoms with Crippen LogP contribution in [-0.4, -0.2) is 60.1 Å². The van der Waals surface area contributed by atoms with Crippen molar-refractivity contribution in [3.05, 3.63) is 24.3 Å². The van der Waals surface area contributed by atoms with Crippen molar-refractivity contribution in [2.24, 2.45) is 0 Å². The molecule has 140 valence electrons. The zero-order valence-corrected chi connectivity index (χ0v) is 15.1. The third kappa shape index (κ3) is 3.48. The molecule has 0 bridgehead atoms.